The summed E-state index contributed by atoms with van der Waals surface area (Å²) in [6.07, 6.45) is 5.85. The largest absolute Gasteiger partial charge is 0.333 e. The minimum absolute atomic E-state index is 0.170. The lowest BCUT2D eigenvalue weighted by molar-refractivity contribution is 0.0722. The van der Waals surface area contributed by atoms with Gasteiger partial charge in [0.2, 0.25) is 0 Å². The Bertz CT molecular complexity index is 1050. The molecule has 8 heteroatoms. The van der Waals surface area contributed by atoms with E-state index in [1.165, 1.54) is 10.6 Å². The van der Waals surface area contributed by atoms with Crippen molar-refractivity contribution in [1.82, 2.24) is 29.2 Å². The molecule has 0 spiro atoms. The topological polar surface area (TPSA) is 85.9 Å². The second-order valence-electron chi connectivity index (χ2n) is 6.34. The first-order chi connectivity index (χ1) is 12.5. The Labute approximate surface area is 149 Å². The molecule has 0 aromatic carbocycles. The van der Waals surface area contributed by atoms with Gasteiger partial charge in [0, 0.05) is 57.0 Å². The number of carbonyl (C=O) groups excluding carboxylic acids is 1. The molecule has 1 aliphatic rings. The summed E-state index contributed by atoms with van der Waals surface area (Å²) in [7, 11) is 3.46. The lowest BCUT2D eigenvalue weighted by Gasteiger charge is -2.29. The molecule has 1 amide bonds. The molecule has 4 heterocycles. The maximum Gasteiger partial charge on any atom is 0.270 e. The maximum atomic E-state index is 12.9. The summed E-state index contributed by atoms with van der Waals surface area (Å²) in [4.78, 5) is 35.3. The van der Waals surface area contributed by atoms with Crippen molar-refractivity contribution >= 4 is 5.91 Å². The number of aryl methyl sites for hydroxylation is 1. The van der Waals surface area contributed by atoms with E-state index < -0.39 is 0 Å². The molecule has 26 heavy (non-hydrogen) atoms. The summed E-state index contributed by atoms with van der Waals surface area (Å²) in [6, 6.07) is 4.72. The SMILES string of the molecule is Cn1cc(-c2ncnc3c2CN(C(=O)c2cccc(=O)n2C)CC3)cn1. The molecule has 0 saturated heterocycles. The van der Waals surface area contributed by atoms with E-state index in [2.05, 4.69) is 15.1 Å². The Morgan fingerprint density at radius 3 is 2.81 bits per heavy atom. The number of pyridine rings is 1. The molecule has 0 fully saturated rings. The summed E-state index contributed by atoms with van der Waals surface area (Å²) in [5.41, 5.74) is 3.74. The molecule has 0 N–H and O–H groups in total. The molecule has 0 unspecified atom stereocenters. The molecule has 0 bridgehead atoms. The van der Waals surface area contributed by atoms with E-state index in [1.54, 1.807) is 41.3 Å². The van der Waals surface area contributed by atoms with Crippen LogP contribution < -0.4 is 5.56 Å². The third-order valence-corrected chi connectivity index (χ3v) is 4.67. The lowest BCUT2D eigenvalue weighted by Crippen LogP contribution is -2.39. The van der Waals surface area contributed by atoms with E-state index in [4.69, 9.17) is 0 Å². The molecule has 3 aromatic rings. The van der Waals surface area contributed by atoms with Crippen molar-refractivity contribution in [2.75, 3.05) is 6.54 Å². The van der Waals surface area contributed by atoms with Crippen LogP contribution in [0.4, 0.5) is 0 Å². The molecule has 1 aliphatic heterocycles. The molecule has 0 saturated carbocycles. The zero-order valence-electron chi connectivity index (χ0n) is 14.6. The molecule has 132 valence electrons. The van der Waals surface area contributed by atoms with Gasteiger partial charge < -0.3 is 9.47 Å². The highest BCUT2D eigenvalue weighted by Crippen LogP contribution is 2.27. The van der Waals surface area contributed by atoms with Crippen LogP contribution in [0.15, 0.2) is 41.7 Å². The van der Waals surface area contributed by atoms with Crippen LogP contribution in [0.5, 0.6) is 0 Å². The number of rotatable bonds is 2. The van der Waals surface area contributed by atoms with E-state index in [-0.39, 0.29) is 11.5 Å². The van der Waals surface area contributed by atoms with Crippen LogP contribution in [0.2, 0.25) is 0 Å². The molecular weight excluding hydrogens is 332 g/mol. The molecule has 3 aromatic heterocycles. The van der Waals surface area contributed by atoms with Crippen LogP contribution >= 0.6 is 0 Å². The van der Waals surface area contributed by atoms with Crippen LogP contribution in [0.3, 0.4) is 0 Å². The molecule has 0 atom stereocenters. The molecule has 4 rings (SSSR count). The van der Waals surface area contributed by atoms with Gasteiger partial charge in [-0.2, -0.15) is 5.10 Å². The average molecular weight is 350 g/mol. The fourth-order valence-corrected chi connectivity index (χ4v) is 3.25. The zero-order valence-corrected chi connectivity index (χ0v) is 14.6. The van der Waals surface area contributed by atoms with Crippen LogP contribution in [0.25, 0.3) is 11.3 Å². The van der Waals surface area contributed by atoms with Gasteiger partial charge >= 0.3 is 0 Å². The highest BCUT2D eigenvalue weighted by atomic mass is 16.2. The number of nitrogens with zero attached hydrogens (tertiary/aromatic N) is 6. The average Bonchev–Trinajstić information content (AvgIpc) is 3.08. The first-order valence-electron chi connectivity index (χ1n) is 8.31. The number of aromatic nitrogens is 5. The minimum Gasteiger partial charge on any atom is -0.333 e. The molecule has 0 radical (unpaired) electrons. The van der Waals surface area contributed by atoms with Crippen LogP contribution in [0, 0.1) is 0 Å². The maximum absolute atomic E-state index is 12.9. The summed E-state index contributed by atoms with van der Waals surface area (Å²) in [5, 5.41) is 4.20. The fourth-order valence-electron chi connectivity index (χ4n) is 3.25. The predicted octanol–water partition coefficient (Wildman–Crippen LogP) is 0.774. The van der Waals surface area contributed by atoms with Gasteiger partial charge in [-0.15, -0.1) is 0 Å². The highest BCUT2D eigenvalue weighted by Gasteiger charge is 2.27. The fraction of sp³-hybridized carbons (Fsp3) is 0.278. The molecular formula is C18H18N6O2. The molecule has 0 aliphatic carbocycles. The van der Waals surface area contributed by atoms with Gasteiger partial charge in [-0.3, -0.25) is 14.3 Å². The number of hydrogen-bond acceptors (Lipinski definition) is 5. The number of fused-ring (bicyclic) bond motifs is 1. The normalized spacial score (nSPS) is 13.5. The van der Waals surface area contributed by atoms with Crippen molar-refractivity contribution in [2.24, 2.45) is 14.1 Å². The highest BCUT2D eigenvalue weighted by molar-refractivity contribution is 5.92. The third-order valence-electron chi connectivity index (χ3n) is 4.67. The minimum atomic E-state index is -0.201. The Kier molecular flexibility index (Phi) is 3.87. The Morgan fingerprint density at radius 2 is 2.04 bits per heavy atom. The van der Waals surface area contributed by atoms with Gasteiger partial charge in [0.05, 0.1) is 17.6 Å². The first-order valence-corrected chi connectivity index (χ1v) is 8.31. The van der Waals surface area contributed by atoms with Crippen molar-refractivity contribution in [1.29, 1.82) is 0 Å². The first kappa shape index (κ1) is 16.2. The Balaban J connectivity index is 1.70. The van der Waals surface area contributed by atoms with Crippen LogP contribution in [0.1, 0.15) is 21.7 Å². The third kappa shape index (κ3) is 2.69. The second-order valence-corrected chi connectivity index (χ2v) is 6.34. The van der Waals surface area contributed by atoms with Gasteiger partial charge in [0.1, 0.15) is 12.0 Å². The van der Waals surface area contributed by atoms with Crippen molar-refractivity contribution in [3.63, 3.8) is 0 Å². The van der Waals surface area contributed by atoms with E-state index in [1.807, 2.05) is 13.2 Å². The van der Waals surface area contributed by atoms with Crippen molar-refractivity contribution in [2.45, 2.75) is 13.0 Å². The van der Waals surface area contributed by atoms with E-state index >= 15 is 0 Å². The van der Waals surface area contributed by atoms with Crippen LogP contribution in [-0.2, 0) is 27.1 Å². The van der Waals surface area contributed by atoms with E-state index in [0.717, 1.165) is 22.5 Å². The van der Waals surface area contributed by atoms with Gasteiger partial charge in [0.25, 0.3) is 11.5 Å². The monoisotopic (exact) mass is 350 g/mol. The summed E-state index contributed by atoms with van der Waals surface area (Å²) >= 11 is 0. The quantitative estimate of drug-likeness (QED) is 0.682. The summed E-state index contributed by atoms with van der Waals surface area (Å²) < 4.78 is 3.09. The van der Waals surface area contributed by atoms with Gasteiger partial charge in [-0.25, -0.2) is 9.97 Å². The van der Waals surface area contributed by atoms with Gasteiger partial charge in [0.15, 0.2) is 0 Å². The van der Waals surface area contributed by atoms with E-state index in [0.29, 0.717) is 25.2 Å². The summed E-state index contributed by atoms with van der Waals surface area (Å²) in [6.45, 7) is 0.959. The molecule has 8 nitrogen and oxygen atoms in total. The Morgan fingerprint density at radius 1 is 1.19 bits per heavy atom. The standard InChI is InChI=1S/C18H18N6O2/c1-22-9-12(8-21-22)17-13-10-24(7-6-14(13)19-11-20-17)18(26)15-4-3-5-16(25)23(15)2/h3-5,8-9,11H,6-7,10H2,1-2H3. The van der Waals surface area contributed by atoms with Crippen molar-refractivity contribution in [3.05, 3.63) is 64.2 Å². The lowest BCUT2D eigenvalue weighted by atomic mass is 10.0. The zero-order chi connectivity index (χ0) is 18.3. The summed E-state index contributed by atoms with van der Waals surface area (Å²) in [5.74, 6) is -0.170. The van der Waals surface area contributed by atoms with Crippen molar-refractivity contribution in [3.8, 4) is 11.3 Å². The Hall–Kier alpha value is -3.29. The van der Waals surface area contributed by atoms with Crippen LogP contribution in [-0.4, -0.2) is 41.7 Å². The number of hydrogen-bond donors (Lipinski definition) is 0. The number of carbonyl (C=O) groups is 1. The second kappa shape index (κ2) is 6.21. The predicted molar refractivity (Wildman–Crippen MR) is 94.4 cm³/mol. The van der Waals surface area contributed by atoms with E-state index in [9.17, 15) is 9.59 Å². The van der Waals surface area contributed by atoms with Gasteiger partial charge in [-0.1, -0.05) is 6.07 Å². The van der Waals surface area contributed by atoms with Crippen molar-refractivity contribution < 1.29 is 4.79 Å². The number of amides is 1. The smallest absolute Gasteiger partial charge is 0.270 e. The van der Waals surface area contributed by atoms with Gasteiger partial charge in [-0.05, 0) is 6.07 Å².